The predicted molar refractivity (Wildman–Crippen MR) is 125 cm³/mol. The van der Waals surface area contributed by atoms with Gasteiger partial charge >= 0.3 is 5.91 Å². The van der Waals surface area contributed by atoms with Gasteiger partial charge in [0.15, 0.2) is 6.04 Å². The molecule has 0 aromatic heterocycles. The number of benzene rings is 3. The molecule has 0 aliphatic carbocycles. The smallest absolute Gasteiger partial charge is 0.304 e. The van der Waals surface area contributed by atoms with E-state index >= 15 is 0 Å². The molecular weight excluding hydrogens is 418 g/mol. The lowest BCUT2D eigenvalue weighted by atomic mass is 9.98. The van der Waals surface area contributed by atoms with E-state index in [1.54, 1.807) is 43.2 Å². The van der Waals surface area contributed by atoms with Gasteiger partial charge in [0, 0.05) is 11.1 Å². The quantitative estimate of drug-likeness (QED) is 0.573. The number of carbonyl (C=O) groups excluding carboxylic acids is 2. The molecular formula is C26H26N3O4+. The van der Waals surface area contributed by atoms with E-state index in [1.165, 1.54) is 0 Å². The van der Waals surface area contributed by atoms with Crippen LogP contribution in [0.1, 0.15) is 33.1 Å². The number of hydrazone groups is 1. The van der Waals surface area contributed by atoms with Gasteiger partial charge in [-0.1, -0.05) is 42.0 Å². The van der Waals surface area contributed by atoms with E-state index in [2.05, 4.69) is 10.7 Å². The number of amides is 2. The molecule has 2 amide bonds. The van der Waals surface area contributed by atoms with Gasteiger partial charge in [-0.3, -0.25) is 9.59 Å². The molecule has 7 heteroatoms. The lowest BCUT2D eigenvalue weighted by molar-refractivity contribution is -0.596. The summed E-state index contributed by atoms with van der Waals surface area (Å²) in [6.07, 6.45) is 1.82. The van der Waals surface area contributed by atoms with Crippen molar-refractivity contribution in [1.29, 1.82) is 0 Å². The van der Waals surface area contributed by atoms with Crippen molar-refractivity contribution in [2.24, 2.45) is 0 Å². The van der Waals surface area contributed by atoms with Crippen LogP contribution in [0.2, 0.25) is 0 Å². The second kappa shape index (κ2) is 9.56. The number of aryl methyl sites for hydroxylation is 1. The van der Waals surface area contributed by atoms with E-state index in [0.717, 1.165) is 16.7 Å². The van der Waals surface area contributed by atoms with Gasteiger partial charge in [0.1, 0.15) is 11.5 Å². The molecule has 1 aliphatic rings. The van der Waals surface area contributed by atoms with Crippen LogP contribution in [-0.2, 0) is 4.79 Å². The van der Waals surface area contributed by atoms with Crippen molar-refractivity contribution in [3.8, 4) is 11.5 Å². The summed E-state index contributed by atoms with van der Waals surface area (Å²) < 4.78 is 12.3. The van der Waals surface area contributed by atoms with Crippen LogP contribution in [0.4, 0.5) is 0 Å². The average molecular weight is 445 g/mol. The Morgan fingerprint density at radius 1 is 0.970 bits per heavy atom. The zero-order valence-electron chi connectivity index (χ0n) is 18.7. The van der Waals surface area contributed by atoms with Crippen molar-refractivity contribution >= 4 is 18.0 Å². The first kappa shape index (κ1) is 22.1. The second-order valence-electron chi connectivity index (χ2n) is 7.79. The van der Waals surface area contributed by atoms with Gasteiger partial charge < -0.3 is 14.8 Å². The molecule has 7 nitrogen and oxygen atoms in total. The van der Waals surface area contributed by atoms with Crippen molar-refractivity contribution < 1.29 is 23.7 Å². The van der Waals surface area contributed by atoms with Crippen LogP contribution in [0.5, 0.6) is 11.5 Å². The van der Waals surface area contributed by atoms with Gasteiger partial charge in [-0.15, -0.1) is 10.1 Å². The van der Waals surface area contributed by atoms with E-state index in [0.29, 0.717) is 17.1 Å². The molecule has 1 saturated heterocycles. The van der Waals surface area contributed by atoms with E-state index in [4.69, 9.17) is 9.47 Å². The number of rotatable bonds is 6. The molecule has 0 saturated carbocycles. The summed E-state index contributed by atoms with van der Waals surface area (Å²) in [7, 11) is 3.17. The number of nitrogens with zero attached hydrogens (tertiary/aromatic N) is 1. The summed E-state index contributed by atoms with van der Waals surface area (Å²) >= 11 is 0. The molecule has 0 radical (unpaired) electrons. The Morgan fingerprint density at radius 2 is 1.67 bits per heavy atom. The van der Waals surface area contributed by atoms with Crippen LogP contribution in [0.25, 0.3) is 0 Å². The predicted octanol–water partition coefficient (Wildman–Crippen LogP) is 3.03. The highest BCUT2D eigenvalue weighted by Gasteiger charge is 2.47. The van der Waals surface area contributed by atoms with Gasteiger partial charge in [0.05, 0.1) is 19.8 Å². The molecule has 168 valence electrons. The highest BCUT2D eigenvalue weighted by molar-refractivity contribution is 5.98. The largest absolute Gasteiger partial charge is 0.497 e. The number of hydrogen-bond donors (Lipinski definition) is 2. The van der Waals surface area contributed by atoms with E-state index in [-0.39, 0.29) is 11.8 Å². The first-order valence-corrected chi connectivity index (χ1v) is 10.6. The van der Waals surface area contributed by atoms with Crippen LogP contribution < -0.4 is 20.2 Å². The lowest BCUT2D eigenvalue weighted by Crippen LogP contribution is -2.42. The fourth-order valence-corrected chi connectivity index (χ4v) is 3.83. The van der Waals surface area contributed by atoms with Gasteiger partial charge in [-0.2, -0.15) is 0 Å². The summed E-state index contributed by atoms with van der Waals surface area (Å²) in [5, 5.41) is 2.91. The van der Waals surface area contributed by atoms with Crippen molar-refractivity contribution in [3.05, 3.63) is 95.1 Å². The average Bonchev–Trinajstić information content (AvgIpc) is 3.14. The summed E-state index contributed by atoms with van der Waals surface area (Å²) in [6, 6.07) is 21.0. The van der Waals surface area contributed by atoms with Gasteiger partial charge in [-0.25, -0.2) is 0 Å². The normalized spacial score (nSPS) is 18.6. The Morgan fingerprint density at radius 3 is 2.33 bits per heavy atom. The number of carbonyl (C=O) groups is 2. The fraction of sp³-hybridized carbons (Fsp3) is 0.192. The molecule has 0 unspecified atom stereocenters. The molecule has 33 heavy (non-hydrogen) atoms. The maximum absolute atomic E-state index is 13.0. The summed E-state index contributed by atoms with van der Waals surface area (Å²) in [5.41, 5.74) is 6.14. The molecule has 0 spiro atoms. The number of nitrogens with one attached hydrogen (secondary N) is 2. The van der Waals surface area contributed by atoms with E-state index < -0.39 is 12.1 Å². The van der Waals surface area contributed by atoms with Gasteiger partial charge in [0.25, 0.3) is 5.91 Å². The van der Waals surface area contributed by atoms with Crippen molar-refractivity contribution in [3.63, 3.8) is 0 Å². The molecule has 4 rings (SSSR count). The van der Waals surface area contributed by atoms with Crippen LogP contribution >= 0.6 is 0 Å². The Bertz CT molecular complexity index is 1190. The number of hydrogen-bond acceptors (Lipinski definition) is 4. The van der Waals surface area contributed by atoms with Crippen LogP contribution in [-0.4, -0.2) is 43.0 Å². The van der Waals surface area contributed by atoms with Gasteiger partial charge in [0.2, 0.25) is 12.3 Å². The SMILES string of the molecule is COc1ccc(C(=O)N[C@H]2C(=O)N/[N+](=C\c3ccccc3OC)[C@@H]2c2ccc(C)cc2)cc1. The molecule has 1 fully saturated rings. The third-order valence-electron chi connectivity index (χ3n) is 5.61. The summed E-state index contributed by atoms with van der Waals surface area (Å²) in [4.78, 5) is 26.0. The highest BCUT2D eigenvalue weighted by Crippen LogP contribution is 2.27. The maximum atomic E-state index is 13.0. The third kappa shape index (κ3) is 4.72. The Balaban J connectivity index is 1.70. The number of hydrazine groups is 1. The van der Waals surface area contributed by atoms with Crippen LogP contribution in [0.15, 0.2) is 72.8 Å². The number of para-hydroxylation sites is 1. The fourth-order valence-electron chi connectivity index (χ4n) is 3.83. The lowest BCUT2D eigenvalue weighted by Gasteiger charge is -2.15. The summed E-state index contributed by atoms with van der Waals surface area (Å²) in [6.45, 7) is 2.00. The molecule has 3 aromatic carbocycles. The molecule has 1 aliphatic heterocycles. The molecule has 0 bridgehead atoms. The maximum Gasteiger partial charge on any atom is 0.304 e. The van der Waals surface area contributed by atoms with Crippen molar-refractivity contribution in [2.75, 3.05) is 14.2 Å². The number of ether oxygens (including phenoxy) is 2. The Labute approximate surface area is 192 Å². The van der Waals surface area contributed by atoms with Crippen LogP contribution in [0, 0.1) is 6.92 Å². The second-order valence-corrected chi connectivity index (χ2v) is 7.79. The van der Waals surface area contributed by atoms with Crippen LogP contribution in [0.3, 0.4) is 0 Å². The summed E-state index contributed by atoms with van der Waals surface area (Å²) in [5.74, 6) is 0.697. The minimum absolute atomic E-state index is 0.298. The minimum atomic E-state index is -0.798. The third-order valence-corrected chi connectivity index (χ3v) is 5.61. The van der Waals surface area contributed by atoms with E-state index in [1.807, 2.05) is 61.7 Å². The Kier molecular flexibility index (Phi) is 6.40. The van der Waals surface area contributed by atoms with Gasteiger partial charge in [-0.05, 0) is 43.3 Å². The molecule has 1 heterocycles. The van der Waals surface area contributed by atoms with E-state index in [9.17, 15) is 9.59 Å². The molecule has 3 aromatic rings. The van der Waals surface area contributed by atoms with Crippen molar-refractivity contribution in [2.45, 2.75) is 19.0 Å². The van der Waals surface area contributed by atoms with Crippen molar-refractivity contribution in [1.82, 2.24) is 10.7 Å². The number of methoxy groups -OCH3 is 2. The zero-order chi connectivity index (χ0) is 23.4. The molecule has 2 atom stereocenters. The first-order chi connectivity index (χ1) is 16.0. The topological polar surface area (TPSA) is 79.7 Å². The zero-order valence-corrected chi connectivity index (χ0v) is 18.7. The monoisotopic (exact) mass is 444 g/mol. The standard InChI is InChI=1S/C26H25N3O4/c1-17-8-10-18(11-9-17)24-23(27-25(30)19-12-14-21(32-2)15-13-19)26(31)28-29(24)16-20-6-4-5-7-22(20)33-3/h4-16,23-24H,1-3H3,(H-,27,28,30,31)/p+1/b29-16-/t23-,24-/m1/s1. The highest BCUT2D eigenvalue weighted by atomic mass is 16.5. The first-order valence-electron chi connectivity index (χ1n) is 10.6. The minimum Gasteiger partial charge on any atom is -0.497 e. The Hall–Kier alpha value is -4.13. The molecule has 2 N–H and O–H groups in total.